The van der Waals surface area contributed by atoms with Gasteiger partial charge >= 0.3 is 5.97 Å². The smallest absolute Gasteiger partial charge is 0.303 e. The molecule has 6 heteroatoms. The number of pyridine rings is 1. The van der Waals surface area contributed by atoms with E-state index in [9.17, 15) is 9.59 Å². The first-order valence-corrected chi connectivity index (χ1v) is 7.03. The Kier molecular flexibility index (Phi) is 6.65. The number of aliphatic carboxylic acids is 1. The normalized spacial score (nSPS) is 11.8. The fourth-order valence-corrected chi connectivity index (χ4v) is 1.84. The lowest BCUT2D eigenvalue weighted by molar-refractivity contribution is -0.137. The molecule has 1 aromatic heterocycles. The van der Waals surface area contributed by atoms with Crippen LogP contribution in [0.3, 0.4) is 0 Å². The first-order chi connectivity index (χ1) is 9.90. The molecule has 1 atom stereocenters. The number of nitrogens with one attached hydrogen (secondary N) is 1. The van der Waals surface area contributed by atoms with E-state index in [-0.39, 0.29) is 12.3 Å². The second-order valence-corrected chi connectivity index (χ2v) is 5.38. The molecule has 0 aliphatic rings. The van der Waals surface area contributed by atoms with E-state index in [1.54, 1.807) is 32.4 Å². The molecule has 0 aromatic carbocycles. The van der Waals surface area contributed by atoms with Crippen molar-refractivity contribution in [3.63, 3.8) is 0 Å². The Labute approximate surface area is 125 Å². The molecule has 0 bridgehead atoms. The number of anilines is 1. The van der Waals surface area contributed by atoms with E-state index >= 15 is 0 Å². The number of amides is 1. The minimum absolute atomic E-state index is 0.0728. The number of hydrogen-bond acceptors (Lipinski definition) is 4. The minimum atomic E-state index is -0.752. The maximum absolute atomic E-state index is 11.7. The van der Waals surface area contributed by atoms with Crippen LogP contribution in [0.25, 0.3) is 0 Å². The third kappa shape index (κ3) is 6.25. The molecule has 116 valence electrons. The Balaban J connectivity index is 2.36. The maximum atomic E-state index is 11.7. The van der Waals surface area contributed by atoms with Crippen LogP contribution in [-0.4, -0.2) is 47.5 Å². The highest BCUT2D eigenvalue weighted by atomic mass is 16.4. The molecule has 0 fully saturated rings. The number of carboxylic acid groups (broad SMARTS) is 1. The lowest BCUT2D eigenvalue weighted by Crippen LogP contribution is -2.21. The molecule has 0 aliphatic heterocycles. The monoisotopic (exact) mass is 293 g/mol. The quantitative estimate of drug-likeness (QED) is 0.767. The lowest BCUT2D eigenvalue weighted by Gasteiger charge is -2.12. The van der Waals surface area contributed by atoms with Crippen LogP contribution in [0.2, 0.25) is 0 Å². The maximum Gasteiger partial charge on any atom is 0.303 e. The highest BCUT2D eigenvalue weighted by Gasteiger charge is 2.08. The molecule has 2 N–H and O–H groups in total. The summed E-state index contributed by atoms with van der Waals surface area (Å²) >= 11 is 0. The number of rotatable bonds is 8. The van der Waals surface area contributed by atoms with Gasteiger partial charge in [0.25, 0.3) is 5.91 Å². The van der Waals surface area contributed by atoms with E-state index in [0.717, 1.165) is 18.8 Å². The number of aromatic nitrogens is 1. The third-order valence-electron chi connectivity index (χ3n) is 3.21. The summed E-state index contributed by atoms with van der Waals surface area (Å²) in [4.78, 5) is 27.9. The van der Waals surface area contributed by atoms with Gasteiger partial charge in [0.1, 0.15) is 5.82 Å². The van der Waals surface area contributed by atoms with Crippen molar-refractivity contribution in [1.82, 2.24) is 9.88 Å². The van der Waals surface area contributed by atoms with Gasteiger partial charge in [-0.25, -0.2) is 4.98 Å². The highest BCUT2D eigenvalue weighted by Crippen LogP contribution is 2.11. The Morgan fingerprint density at radius 1 is 1.33 bits per heavy atom. The van der Waals surface area contributed by atoms with Gasteiger partial charge in [0, 0.05) is 33.3 Å². The van der Waals surface area contributed by atoms with Gasteiger partial charge in [-0.05, 0) is 30.9 Å². The molecule has 1 amide bonds. The van der Waals surface area contributed by atoms with Gasteiger partial charge in [0.05, 0.1) is 5.56 Å². The summed E-state index contributed by atoms with van der Waals surface area (Å²) in [7, 11) is 3.40. The van der Waals surface area contributed by atoms with Crippen LogP contribution in [0.1, 0.15) is 36.5 Å². The number of hydrogen-bond donors (Lipinski definition) is 2. The molecule has 6 nitrogen and oxygen atoms in total. The Morgan fingerprint density at radius 3 is 2.57 bits per heavy atom. The van der Waals surface area contributed by atoms with Crippen LogP contribution in [-0.2, 0) is 4.79 Å². The molecule has 1 heterocycles. The van der Waals surface area contributed by atoms with Crippen molar-refractivity contribution in [3.05, 3.63) is 23.9 Å². The van der Waals surface area contributed by atoms with E-state index < -0.39 is 5.97 Å². The Morgan fingerprint density at radius 2 is 2.05 bits per heavy atom. The highest BCUT2D eigenvalue weighted by molar-refractivity contribution is 5.93. The van der Waals surface area contributed by atoms with Crippen molar-refractivity contribution in [2.24, 2.45) is 5.92 Å². The predicted molar refractivity (Wildman–Crippen MR) is 81.4 cm³/mol. The zero-order valence-corrected chi connectivity index (χ0v) is 12.8. The van der Waals surface area contributed by atoms with Gasteiger partial charge in [0.2, 0.25) is 0 Å². The van der Waals surface area contributed by atoms with E-state index in [1.807, 2.05) is 6.92 Å². The van der Waals surface area contributed by atoms with Crippen molar-refractivity contribution in [1.29, 1.82) is 0 Å². The molecule has 0 spiro atoms. The standard InChI is InChI=1S/C15H23N3O3/c1-11(4-7-14(19)20)8-9-16-13-6-5-12(10-17-13)15(21)18(2)3/h5-6,10-11H,4,7-9H2,1-3H3,(H,16,17)(H,19,20). The minimum Gasteiger partial charge on any atom is -0.481 e. The lowest BCUT2D eigenvalue weighted by atomic mass is 10.0. The topological polar surface area (TPSA) is 82.5 Å². The summed E-state index contributed by atoms with van der Waals surface area (Å²) in [5.41, 5.74) is 0.556. The fraction of sp³-hybridized carbons (Fsp3) is 0.533. The zero-order valence-electron chi connectivity index (χ0n) is 12.8. The molecule has 0 saturated carbocycles. The third-order valence-corrected chi connectivity index (χ3v) is 3.21. The predicted octanol–water partition coefficient (Wildman–Crippen LogP) is 2.09. The summed E-state index contributed by atoms with van der Waals surface area (Å²) in [6, 6.07) is 3.52. The van der Waals surface area contributed by atoms with Crippen LogP contribution in [0.15, 0.2) is 18.3 Å². The van der Waals surface area contributed by atoms with Gasteiger partial charge in [-0.1, -0.05) is 6.92 Å². The van der Waals surface area contributed by atoms with Gasteiger partial charge in [-0.3, -0.25) is 9.59 Å². The average Bonchev–Trinajstić information content (AvgIpc) is 2.45. The van der Waals surface area contributed by atoms with Crippen LogP contribution in [0.5, 0.6) is 0 Å². The van der Waals surface area contributed by atoms with Crippen LogP contribution in [0, 0.1) is 5.92 Å². The summed E-state index contributed by atoms with van der Waals surface area (Å²) < 4.78 is 0. The summed E-state index contributed by atoms with van der Waals surface area (Å²) in [5.74, 6) is 0.243. The summed E-state index contributed by atoms with van der Waals surface area (Å²) in [5, 5.41) is 11.8. The molecule has 1 aromatic rings. The van der Waals surface area contributed by atoms with Gasteiger partial charge < -0.3 is 15.3 Å². The zero-order chi connectivity index (χ0) is 15.8. The van der Waals surface area contributed by atoms with Crippen molar-refractivity contribution in [3.8, 4) is 0 Å². The fourth-order valence-electron chi connectivity index (χ4n) is 1.84. The van der Waals surface area contributed by atoms with E-state index in [4.69, 9.17) is 5.11 Å². The molecule has 0 aliphatic carbocycles. The van der Waals surface area contributed by atoms with Gasteiger partial charge in [0.15, 0.2) is 0 Å². The molecule has 1 unspecified atom stereocenters. The van der Waals surface area contributed by atoms with E-state index in [0.29, 0.717) is 17.9 Å². The number of nitrogens with zero attached hydrogens (tertiary/aromatic N) is 2. The summed E-state index contributed by atoms with van der Waals surface area (Å²) in [6.45, 7) is 2.77. The number of carbonyl (C=O) groups excluding carboxylic acids is 1. The second kappa shape index (κ2) is 8.24. The van der Waals surface area contributed by atoms with Gasteiger partial charge in [-0.2, -0.15) is 0 Å². The molecule has 21 heavy (non-hydrogen) atoms. The Hall–Kier alpha value is -2.11. The van der Waals surface area contributed by atoms with Crippen LogP contribution in [0.4, 0.5) is 5.82 Å². The molecule has 0 radical (unpaired) electrons. The SMILES string of the molecule is CC(CCNc1ccc(C(=O)N(C)C)cn1)CCC(=O)O. The largest absolute Gasteiger partial charge is 0.481 e. The number of carbonyl (C=O) groups is 2. The molecule has 0 saturated heterocycles. The molecule has 1 rings (SSSR count). The van der Waals surface area contributed by atoms with Crippen LogP contribution < -0.4 is 5.32 Å². The first kappa shape index (κ1) is 16.9. The Bertz CT molecular complexity index is 472. The summed E-state index contributed by atoms with van der Waals surface area (Å²) in [6.07, 6.45) is 3.33. The van der Waals surface area contributed by atoms with Crippen LogP contribution >= 0.6 is 0 Å². The number of carboxylic acids is 1. The molecular formula is C15H23N3O3. The van der Waals surface area contributed by atoms with Crippen molar-refractivity contribution in [2.75, 3.05) is 26.0 Å². The van der Waals surface area contributed by atoms with E-state index in [1.165, 1.54) is 4.90 Å². The van der Waals surface area contributed by atoms with Crippen molar-refractivity contribution >= 4 is 17.7 Å². The molecular weight excluding hydrogens is 270 g/mol. The second-order valence-electron chi connectivity index (χ2n) is 5.38. The van der Waals surface area contributed by atoms with E-state index in [2.05, 4.69) is 10.3 Å². The van der Waals surface area contributed by atoms with Crippen molar-refractivity contribution in [2.45, 2.75) is 26.2 Å². The average molecular weight is 293 g/mol. The van der Waals surface area contributed by atoms with Gasteiger partial charge in [-0.15, -0.1) is 0 Å². The first-order valence-electron chi connectivity index (χ1n) is 7.03. The van der Waals surface area contributed by atoms with Crippen molar-refractivity contribution < 1.29 is 14.7 Å².